The Balaban J connectivity index is 1.21. The molecule has 0 bridgehead atoms. The maximum atomic E-state index is 6.79. The van der Waals surface area contributed by atoms with Crippen LogP contribution < -0.4 is 4.90 Å². The van der Waals surface area contributed by atoms with Crippen LogP contribution in [-0.2, 0) is 0 Å². The average Bonchev–Trinajstić information content (AvgIpc) is 3.88. The van der Waals surface area contributed by atoms with Gasteiger partial charge in [0, 0.05) is 50.2 Å². The molecule has 0 aliphatic rings. The topological polar surface area (TPSA) is 21.3 Å². The predicted molar refractivity (Wildman–Crippen MR) is 257 cm³/mol. The van der Waals surface area contributed by atoms with Gasteiger partial charge in [0.1, 0.15) is 11.2 Å². The van der Waals surface area contributed by atoms with Gasteiger partial charge in [-0.1, -0.05) is 170 Å². The summed E-state index contributed by atoms with van der Waals surface area (Å²) in [6.45, 7) is 0. The molecule has 3 nitrogen and oxygen atoms in total. The third-order valence-electron chi connectivity index (χ3n) is 12.1. The van der Waals surface area contributed by atoms with Gasteiger partial charge in [0.2, 0.25) is 0 Å². The van der Waals surface area contributed by atoms with Gasteiger partial charge in [-0.25, -0.2) is 0 Å². The lowest BCUT2D eigenvalue weighted by Crippen LogP contribution is -2.11. The first-order valence-corrected chi connectivity index (χ1v) is 20.8. The number of furan rings is 1. The minimum Gasteiger partial charge on any atom is -0.456 e. The second-order valence-electron chi connectivity index (χ2n) is 15.7. The number of para-hydroxylation sites is 3. The highest BCUT2D eigenvalue weighted by Gasteiger charge is 2.26. The molecule has 286 valence electrons. The molecule has 0 saturated carbocycles. The summed E-state index contributed by atoms with van der Waals surface area (Å²) in [7, 11) is 0. The molecular weight excluding hydrogens is 741 g/mol. The molecule has 12 aromatic rings. The molecule has 2 aromatic heterocycles. The molecule has 61 heavy (non-hydrogen) atoms. The smallest absolute Gasteiger partial charge is 0.138 e. The first-order valence-electron chi connectivity index (χ1n) is 20.8. The van der Waals surface area contributed by atoms with Crippen LogP contribution in [-0.4, -0.2) is 4.57 Å². The van der Waals surface area contributed by atoms with Crippen LogP contribution in [0.4, 0.5) is 17.1 Å². The monoisotopic (exact) mass is 778 g/mol. The Morgan fingerprint density at radius 3 is 1.75 bits per heavy atom. The number of hydrogen-bond acceptors (Lipinski definition) is 2. The van der Waals surface area contributed by atoms with Crippen LogP contribution in [0.5, 0.6) is 0 Å². The Labute approximate surface area is 353 Å². The van der Waals surface area contributed by atoms with E-state index >= 15 is 0 Å². The number of benzene rings is 10. The van der Waals surface area contributed by atoms with Crippen molar-refractivity contribution in [2.45, 2.75) is 0 Å². The highest BCUT2D eigenvalue weighted by Crippen LogP contribution is 2.50. The second kappa shape index (κ2) is 14.3. The van der Waals surface area contributed by atoms with E-state index in [1.54, 1.807) is 0 Å². The maximum Gasteiger partial charge on any atom is 0.138 e. The van der Waals surface area contributed by atoms with Crippen LogP contribution in [0.2, 0.25) is 0 Å². The van der Waals surface area contributed by atoms with Crippen molar-refractivity contribution in [3.05, 3.63) is 231 Å². The zero-order valence-electron chi connectivity index (χ0n) is 33.2. The van der Waals surface area contributed by atoms with Crippen molar-refractivity contribution in [2.75, 3.05) is 4.90 Å². The highest BCUT2D eigenvalue weighted by molar-refractivity contribution is 6.28. The van der Waals surface area contributed by atoms with Gasteiger partial charge in [-0.2, -0.15) is 0 Å². The Morgan fingerprint density at radius 1 is 0.361 bits per heavy atom. The lowest BCUT2D eigenvalue weighted by molar-refractivity contribution is 0.669. The van der Waals surface area contributed by atoms with Crippen molar-refractivity contribution in [2.24, 2.45) is 0 Å². The quantitative estimate of drug-likeness (QED) is 0.161. The fourth-order valence-electron chi connectivity index (χ4n) is 9.39. The highest BCUT2D eigenvalue weighted by atomic mass is 16.3. The van der Waals surface area contributed by atoms with E-state index in [2.05, 4.69) is 240 Å². The number of anilines is 3. The van der Waals surface area contributed by atoms with Crippen molar-refractivity contribution < 1.29 is 4.42 Å². The van der Waals surface area contributed by atoms with Crippen molar-refractivity contribution in [3.8, 4) is 39.1 Å². The van der Waals surface area contributed by atoms with Crippen molar-refractivity contribution in [1.29, 1.82) is 0 Å². The van der Waals surface area contributed by atoms with Crippen LogP contribution in [0.3, 0.4) is 0 Å². The maximum absolute atomic E-state index is 6.79. The third kappa shape index (κ3) is 5.82. The molecule has 0 N–H and O–H groups in total. The molecule has 0 spiro atoms. The summed E-state index contributed by atoms with van der Waals surface area (Å²) >= 11 is 0. The molecule has 10 aromatic carbocycles. The minimum atomic E-state index is 0.863. The molecule has 0 aliphatic heterocycles. The Hall–Kier alpha value is -8.14. The lowest BCUT2D eigenvalue weighted by Gasteiger charge is -2.28. The third-order valence-corrected chi connectivity index (χ3v) is 12.1. The zero-order valence-corrected chi connectivity index (χ0v) is 33.2. The van der Waals surface area contributed by atoms with Crippen LogP contribution in [0.1, 0.15) is 0 Å². The van der Waals surface area contributed by atoms with Crippen molar-refractivity contribution in [3.63, 3.8) is 0 Å². The molecule has 0 saturated heterocycles. The van der Waals surface area contributed by atoms with Gasteiger partial charge in [0.05, 0.1) is 16.7 Å². The molecule has 0 unspecified atom stereocenters. The Morgan fingerprint density at radius 2 is 0.967 bits per heavy atom. The summed E-state index contributed by atoms with van der Waals surface area (Å²) in [4.78, 5) is 2.43. The molecule has 0 atom stereocenters. The molecular formula is C58H38N2O. The van der Waals surface area contributed by atoms with Crippen LogP contribution >= 0.6 is 0 Å². The standard InChI is InChI=1S/C58H38N2O/c1-4-16-39(17-5-1)42-32-34-47(35-33-42)59(48-25-14-22-44(37-48)40-18-6-2-7-19-40)51-28-15-27-50-56-52(60(58(50)51)46-23-8-3-9-24-46)38-54-57(49-26-12-13-29-53(49)61-54)55(56)45-31-30-41-20-10-11-21-43(41)36-45/h1-38H. The van der Waals surface area contributed by atoms with E-state index in [1.807, 2.05) is 0 Å². The summed E-state index contributed by atoms with van der Waals surface area (Å²) in [5.41, 5.74) is 15.2. The van der Waals surface area contributed by atoms with Gasteiger partial charge in [-0.05, 0) is 93.2 Å². The molecule has 12 rings (SSSR count). The van der Waals surface area contributed by atoms with Crippen molar-refractivity contribution >= 4 is 71.6 Å². The van der Waals surface area contributed by atoms with Gasteiger partial charge >= 0.3 is 0 Å². The number of nitrogens with zero attached hydrogens (tertiary/aromatic N) is 2. The largest absolute Gasteiger partial charge is 0.456 e. The van der Waals surface area contributed by atoms with E-state index in [0.29, 0.717) is 0 Å². The summed E-state index contributed by atoms with van der Waals surface area (Å²) < 4.78 is 9.24. The van der Waals surface area contributed by atoms with E-state index in [9.17, 15) is 0 Å². The number of aromatic nitrogens is 1. The first kappa shape index (κ1) is 34.9. The Bertz CT molecular complexity index is 3570. The van der Waals surface area contributed by atoms with E-state index < -0.39 is 0 Å². The lowest BCUT2D eigenvalue weighted by atomic mass is 9.92. The number of rotatable bonds is 7. The van der Waals surface area contributed by atoms with Crippen LogP contribution in [0.15, 0.2) is 235 Å². The van der Waals surface area contributed by atoms with Gasteiger partial charge in [0.25, 0.3) is 0 Å². The van der Waals surface area contributed by atoms with Crippen LogP contribution in [0, 0.1) is 0 Å². The fourth-order valence-corrected chi connectivity index (χ4v) is 9.39. The SMILES string of the molecule is c1ccc(-c2ccc(N(c3cccc(-c4ccccc4)c3)c3cccc4c5c(-c6ccc7ccccc7c6)c6c(cc5n(-c5ccccc5)c34)oc3ccccc36)cc2)cc1. The summed E-state index contributed by atoms with van der Waals surface area (Å²) in [6, 6.07) is 82.9. The minimum absolute atomic E-state index is 0.863. The van der Waals surface area contributed by atoms with Crippen LogP contribution in [0.25, 0.3) is 93.6 Å². The van der Waals surface area contributed by atoms with Crippen molar-refractivity contribution in [1.82, 2.24) is 4.57 Å². The summed E-state index contributed by atoms with van der Waals surface area (Å²) in [5, 5.41) is 7.00. The molecule has 2 heterocycles. The molecule has 0 aliphatic carbocycles. The van der Waals surface area contributed by atoms with Gasteiger partial charge in [0.15, 0.2) is 0 Å². The van der Waals surface area contributed by atoms with E-state index in [-0.39, 0.29) is 0 Å². The van der Waals surface area contributed by atoms with Gasteiger partial charge in [-0.15, -0.1) is 0 Å². The molecule has 0 amide bonds. The predicted octanol–water partition coefficient (Wildman–Crippen LogP) is 16.3. The normalized spacial score (nSPS) is 11.6. The van der Waals surface area contributed by atoms with Gasteiger partial charge < -0.3 is 13.9 Å². The summed E-state index contributed by atoms with van der Waals surface area (Å²) in [6.07, 6.45) is 0. The summed E-state index contributed by atoms with van der Waals surface area (Å²) in [5.74, 6) is 0. The first-order chi connectivity index (χ1) is 30.3. The number of fused-ring (bicyclic) bond motifs is 7. The molecule has 0 radical (unpaired) electrons. The fraction of sp³-hybridized carbons (Fsp3) is 0. The molecule has 0 fully saturated rings. The zero-order chi connectivity index (χ0) is 40.3. The van der Waals surface area contributed by atoms with E-state index in [4.69, 9.17) is 4.42 Å². The van der Waals surface area contributed by atoms with E-state index in [0.717, 1.165) is 72.2 Å². The van der Waals surface area contributed by atoms with Gasteiger partial charge in [-0.3, -0.25) is 0 Å². The molecule has 3 heteroatoms. The number of hydrogen-bond donors (Lipinski definition) is 0. The average molecular weight is 779 g/mol. The Kier molecular flexibility index (Phi) is 8.17. The van der Waals surface area contributed by atoms with E-state index in [1.165, 1.54) is 38.4 Å². The second-order valence-corrected chi connectivity index (χ2v) is 15.7.